The van der Waals surface area contributed by atoms with Crippen molar-refractivity contribution in [1.82, 2.24) is 31.2 Å². The number of nitrogens with zero attached hydrogens (tertiary/aromatic N) is 1. The van der Waals surface area contributed by atoms with Crippen LogP contribution in [0.5, 0.6) is 0 Å². The number of hydrogen-bond acceptors (Lipinski definition) is 8. The van der Waals surface area contributed by atoms with Crippen molar-refractivity contribution in [3.63, 3.8) is 0 Å². The summed E-state index contributed by atoms with van der Waals surface area (Å²) in [6, 6.07) is 18.6. The fourth-order valence-electron chi connectivity index (χ4n) is 7.44. The highest BCUT2D eigenvalue weighted by Crippen LogP contribution is 2.22. The highest BCUT2D eigenvalue weighted by atomic mass is 16.5. The first-order chi connectivity index (χ1) is 28.5. The van der Waals surface area contributed by atoms with Crippen LogP contribution in [0.25, 0.3) is 10.9 Å². The van der Waals surface area contributed by atoms with E-state index >= 15 is 0 Å². The Hall–Kier alpha value is -6.06. The lowest BCUT2D eigenvalue weighted by atomic mass is 10.0. The first-order valence-electron chi connectivity index (χ1n) is 20.3. The number of carboxylic acids is 1. The third-order valence-electron chi connectivity index (χ3n) is 10.4. The van der Waals surface area contributed by atoms with Crippen molar-refractivity contribution < 1.29 is 38.6 Å². The van der Waals surface area contributed by atoms with Gasteiger partial charge >= 0.3 is 5.97 Å². The third kappa shape index (κ3) is 12.2. The van der Waals surface area contributed by atoms with Crippen molar-refractivity contribution in [2.45, 2.75) is 115 Å². The van der Waals surface area contributed by atoms with E-state index in [-0.39, 0.29) is 32.2 Å². The summed E-state index contributed by atoms with van der Waals surface area (Å²) < 4.78 is 6.21. The molecule has 4 aromatic rings. The molecule has 320 valence electrons. The molecule has 1 saturated heterocycles. The van der Waals surface area contributed by atoms with Crippen molar-refractivity contribution >= 4 is 46.4 Å². The molecule has 15 heteroatoms. The number of nitrogens with one attached hydrogen (secondary N) is 5. The molecule has 0 saturated carbocycles. The van der Waals surface area contributed by atoms with Crippen LogP contribution in [0.2, 0.25) is 0 Å². The van der Waals surface area contributed by atoms with E-state index in [4.69, 9.17) is 10.5 Å². The molecule has 0 radical (unpaired) electrons. The summed E-state index contributed by atoms with van der Waals surface area (Å²) in [5, 5.41) is 22.0. The number of likely N-dealkylation sites (tertiary alicyclic amines) is 1. The minimum absolute atomic E-state index is 0.0168. The second-order valence-corrected chi connectivity index (χ2v) is 16.4. The van der Waals surface area contributed by atoms with Crippen LogP contribution in [0.3, 0.4) is 0 Å². The average Bonchev–Trinajstić information content (AvgIpc) is 3.87. The molecule has 1 aliphatic rings. The fraction of sp³-hybridized carbons (Fsp3) is 0.422. The predicted octanol–water partition coefficient (Wildman–Crippen LogP) is 2.76. The minimum atomic E-state index is -1.38. The maximum absolute atomic E-state index is 14.5. The van der Waals surface area contributed by atoms with Crippen LogP contribution in [0.1, 0.15) is 64.2 Å². The molecule has 1 aliphatic heterocycles. The van der Waals surface area contributed by atoms with E-state index < -0.39 is 83.5 Å². The zero-order valence-corrected chi connectivity index (χ0v) is 34.8. The van der Waals surface area contributed by atoms with Gasteiger partial charge < -0.3 is 46.7 Å². The topological polar surface area (TPSA) is 225 Å². The number of nitrogens with two attached hydrogens (primary N) is 1. The molecular formula is C45H57N7O8. The van der Waals surface area contributed by atoms with Gasteiger partial charge in [0.2, 0.25) is 29.5 Å². The summed E-state index contributed by atoms with van der Waals surface area (Å²) in [4.78, 5) is 86.9. The molecule has 5 amide bonds. The molecule has 1 fully saturated rings. The number of para-hydroxylation sites is 1. The van der Waals surface area contributed by atoms with E-state index in [9.17, 15) is 33.9 Å². The Labute approximate surface area is 350 Å². The number of hydrogen-bond donors (Lipinski definition) is 7. The number of fused-ring (bicyclic) bond motifs is 1. The molecule has 0 aliphatic carbocycles. The van der Waals surface area contributed by atoms with Crippen LogP contribution in [0, 0.1) is 0 Å². The number of carboxylic acid groups (broad SMARTS) is 1. The number of carbonyl (C=O) groups is 6. The van der Waals surface area contributed by atoms with Crippen molar-refractivity contribution in [2.24, 2.45) is 5.73 Å². The number of amides is 5. The first-order valence-corrected chi connectivity index (χ1v) is 20.3. The van der Waals surface area contributed by atoms with Crippen molar-refractivity contribution in [3.05, 3.63) is 108 Å². The summed E-state index contributed by atoms with van der Waals surface area (Å²) in [6.45, 7) is 8.73. The van der Waals surface area contributed by atoms with Crippen LogP contribution in [-0.4, -0.2) is 105 Å². The summed E-state index contributed by atoms with van der Waals surface area (Å²) in [7, 11) is 0. The SMILES string of the molecule is C[C@H](N)C(=O)N[C@H](Cc1c[nH]c2ccccc12)C(=O)N[C@@H](Cc1ccccc1)C(=O)N[C@H](C(=O)N[C@@H](Cc1ccccc1)C(=O)N1CCC[C@H]1C(=O)O)[C@@H](C)OC(C)(C)C. The second-order valence-electron chi connectivity index (χ2n) is 16.4. The summed E-state index contributed by atoms with van der Waals surface area (Å²) in [6.07, 6.45) is 1.74. The molecule has 0 bridgehead atoms. The molecule has 1 aromatic heterocycles. The standard InChI is InChI=1S/C45H57N7O8/c1-27(46)39(53)48-35(25-31-26-47-33-20-13-12-19-32(31)33)40(54)49-34(23-29-15-8-6-9-16-29)41(55)51-38(28(2)60-45(3,4)5)42(56)50-36(24-30-17-10-7-11-18-30)43(57)52-22-14-21-37(52)44(58)59/h6-13,15-20,26-28,34-38,47H,14,21-25,46H2,1-5H3,(H,48,53)(H,49,54)(H,50,56)(H,51,55)(H,58,59)/t27-,28+,34-,35+,36-,37-,38-/m0/s1. The van der Waals surface area contributed by atoms with Gasteiger partial charge in [-0.25, -0.2) is 4.79 Å². The molecule has 7 atom stereocenters. The summed E-state index contributed by atoms with van der Waals surface area (Å²) in [5.41, 5.74) is 8.16. The first kappa shape index (κ1) is 45.0. The maximum atomic E-state index is 14.5. The molecule has 15 nitrogen and oxygen atoms in total. The molecular weight excluding hydrogens is 767 g/mol. The van der Waals surface area contributed by atoms with Crippen molar-refractivity contribution in [1.29, 1.82) is 0 Å². The number of aliphatic carboxylic acids is 1. The van der Waals surface area contributed by atoms with Gasteiger partial charge in [-0.05, 0) is 70.2 Å². The van der Waals surface area contributed by atoms with E-state index in [1.165, 1.54) is 11.8 Å². The Bertz CT molecular complexity index is 2120. The van der Waals surface area contributed by atoms with Gasteiger partial charge in [-0.3, -0.25) is 24.0 Å². The van der Waals surface area contributed by atoms with Crippen molar-refractivity contribution in [2.75, 3.05) is 6.54 Å². The quantitative estimate of drug-likeness (QED) is 0.0783. The van der Waals surface area contributed by atoms with Gasteiger partial charge in [0, 0.05) is 42.9 Å². The summed E-state index contributed by atoms with van der Waals surface area (Å²) >= 11 is 0. The Morgan fingerprint density at radius 1 is 0.750 bits per heavy atom. The summed E-state index contributed by atoms with van der Waals surface area (Å²) in [5.74, 6) is -4.38. The number of rotatable bonds is 18. The zero-order chi connectivity index (χ0) is 43.6. The third-order valence-corrected chi connectivity index (χ3v) is 10.4. The molecule has 0 unspecified atom stereocenters. The Kier molecular flexibility index (Phi) is 15.2. The predicted molar refractivity (Wildman–Crippen MR) is 226 cm³/mol. The average molecular weight is 824 g/mol. The molecule has 5 rings (SSSR count). The Morgan fingerprint density at radius 2 is 1.28 bits per heavy atom. The number of ether oxygens (including phenoxy) is 1. The highest BCUT2D eigenvalue weighted by Gasteiger charge is 2.40. The lowest BCUT2D eigenvalue weighted by Gasteiger charge is -2.33. The van der Waals surface area contributed by atoms with Gasteiger partial charge in [-0.1, -0.05) is 78.9 Å². The van der Waals surface area contributed by atoms with Gasteiger partial charge in [0.1, 0.15) is 30.2 Å². The molecule has 0 spiro atoms. The molecule has 60 heavy (non-hydrogen) atoms. The minimum Gasteiger partial charge on any atom is -0.480 e. The van der Waals surface area contributed by atoms with E-state index in [0.717, 1.165) is 22.0 Å². The highest BCUT2D eigenvalue weighted by molar-refractivity contribution is 5.97. The van der Waals surface area contributed by atoms with Crippen LogP contribution in [0.15, 0.2) is 91.1 Å². The van der Waals surface area contributed by atoms with E-state index in [2.05, 4.69) is 26.3 Å². The van der Waals surface area contributed by atoms with Crippen LogP contribution >= 0.6 is 0 Å². The van der Waals surface area contributed by atoms with Crippen LogP contribution < -0.4 is 27.0 Å². The number of benzene rings is 3. The second kappa shape index (κ2) is 20.3. The maximum Gasteiger partial charge on any atom is 0.326 e. The number of H-pyrrole nitrogens is 1. The number of carbonyl (C=O) groups excluding carboxylic acids is 5. The Morgan fingerprint density at radius 3 is 1.88 bits per heavy atom. The van der Waals surface area contributed by atoms with E-state index in [1.54, 1.807) is 82.4 Å². The zero-order valence-electron chi connectivity index (χ0n) is 34.8. The van der Waals surface area contributed by atoms with Gasteiger partial charge in [-0.15, -0.1) is 0 Å². The van der Waals surface area contributed by atoms with Gasteiger partial charge in [0.25, 0.3) is 0 Å². The lowest BCUT2D eigenvalue weighted by molar-refractivity contribution is -0.150. The Balaban J connectivity index is 1.45. The monoisotopic (exact) mass is 823 g/mol. The normalized spacial score (nSPS) is 17.1. The van der Waals surface area contributed by atoms with Crippen molar-refractivity contribution in [3.8, 4) is 0 Å². The van der Waals surface area contributed by atoms with Gasteiger partial charge in [-0.2, -0.15) is 0 Å². The van der Waals surface area contributed by atoms with E-state index in [0.29, 0.717) is 12.0 Å². The largest absolute Gasteiger partial charge is 0.480 e. The number of aromatic amines is 1. The molecule has 2 heterocycles. The number of aromatic nitrogens is 1. The molecule has 8 N–H and O–H groups in total. The fourth-order valence-corrected chi connectivity index (χ4v) is 7.44. The van der Waals surface area contributed by atoms with E-state index in [1.807, 2.05) is 36.4 Å². The van der Waals surface area contributed by atoms with Crippen LogP contribution in [0.4, 0.5) is 0 Å². The van der Waals surface area contributed by atoms with Gasteiger partial charge in [0.05, 0.1) is 17.7 Å². The molecule has 3 aromatic carbocycles. The van der Waals surface area contributed by atoms with Gasteiger partial charge in [0.15, 0.2) is 0 Å². The van der Waals surface area contributed by atoms with Crippen LogP contribution in [-0.2, 0) is 52.8 Å². The smallest absolute Gasteiger partial charge is 0.326 e. The lowest BCUT2D eigenvalue weighted by Crippen LogP contribution is -2.62.